The van der Waals surface area contributed by atoms with Crippen molar-refractivity contribution in [1.82, 2.24) is 4.90 Å². The van der Waals surface area contributed by atoms with Crippen LogP contribution in [0.15, 0.2) is 53.0 Å². The van der Waals surface area contributed by atoms with Crippen LogP contribution >= 0.6 is 0 Å². The summed E-state index contributed by atoms with van der Waals surface area (Å²) in [4.78, 5) is 14.2. The molecular formula is C18H21NO2. The Balaban J connectivity index is 2.03. The molecule has 110 valence electrons. The van der Waals surface area contributed by atoms with E-state index in [1.165, 1.54) is 0 Å². The third-order valence-electron chi connectivity index (χ3n) is 3.17. The molecule has 0 unspecified atom stereocenters. The summed E-state index contributed by atoms with van der Waals surface area (Å²) in [5.41, 5.74) is 1.14. The summed E-state index contributed by atoms with van der Waals surface area (Å²) in [7, 11) is 0. The number of benzene rings is 1. The summed E-state index contributed by atoms with van der Waals surface area (Å²) >= 11 is 0. The van der Waals surface area contributed by atoms with Gasteiger partial charge in [0.05, 0.1) is 0 Å². The van der Waals surface area contributed by atoms with Crippen molar-refractivity contribution in [2.24, 2.45) is 0 Å². The highest BCUT2D eigenvalue weighted by Gasteiger charge is 2.10. The first-order valence-electron chi connectivity index (χ1n) is 7.26. The lowest BCUT2D eigenvalue weighted by Crippen LogP contribution is -2.29. The van der Waals surface area contributed by atoms with Crippen molar-refractivity contribution in [2.45, 2.75) is 26.8 Å². The number of hydrogen-bond donors (Lipinski definition) is 0. The van der Waals surface area contributed by atoms with Gasteiger partial charge in [-0.3, -0.25) is 4.79 Å². The van der Waals surface area contributed by atoms with E-state index in [0.717, 1.165) is 24.3 Å². The fraction of sp³-hybridized carbons (Fsp3) is 0.278. The van der Waals surface area contributed by atoms with Crippen molar-refractivity contribution in [3.05, 3.63) is 65.6 Å². The van der Waals surface area contributed by atoms with Crippen LogP contribution in [0.2, 0.25) is 0 Å². The van der Waals surface area contributed by atoms with Crippen LogP contribution in [0.5, 0.6) is 0 Å². The number of carbonyl (C=O) groups excluding carboxylic acids is 1. The van der Waals surface area contributed by atoms with E-state index in [4.69, 9.17) is 4.42 Å². The minimum atomic E-state index is 0.00903. The quantitative estimate of drug-likeness (QED) is 0.750. The molecule has 21 heavy (non-hydrogen) atoms. The number of amides is 1. The normalized spacial score (nSPS) is 11.0. The van der Waals surface area contributed by atoms with Gasteiger partial charge in [0.15, 0.2) is 0 Å². The minimum absolute atomic E-state index is 0.00903. The SMILES string of the molecule is CCCN(Cc1ccccc1)C(=O)/C=C/c1ccc(C)o1. The first-order chi connectivity index (χ1) is 10.2. The Labute approximate surface area is 125 Å². The van der Waals surface area contributed by atoms with Gasteiger partial charge in [-0.25, -0.2) is 0 Å². The molecule has 1 heterocycles. The molecule has 0 saturated heterocycles. The van der Waals surface area contributed by atoms with E-state index in [0.29, 0.717) is 12.3 Å². The van der Waals surface area contributed by atoms with E-state index >= 15 is 0 Å². The summed E-state index contributed by atoms with van der Waals surface area (Å²) in [6.45, 7) is 5.34. The van der Waals surface area contributed by atoms with Gasteiger partial charge in [0.1, 0.15) is 11.5 Å². The van der Waals surface area contributed by atoms with Gasteiger partial charge in [0.25, 0.3) is 0 Å². The van der Waals surface area contributed by atoms with Crippen LogP contribution in [0.25, 0.3) is 6.08 Å². The third-order valence-corrected chi connectivity index (χ3v) is 3.17. The maximum absolute atomic E-state index is 12.3. The molecule has 0 saturated carbocycles. The monoisotopic (exact) mass is 283 g/mol. The predicted molar refractivity (Wildman–Crippen MR) is 84.6 cm³/mol. The highest BCUT2D eigenvalue weighted by molar-refractivity contribution is 5.91. The standard InChI is InChI=1S/C18H21NO2/c1-3-13-19(14-16-7-5-4-6-8-16)18(20)12-11-17-10-9-15(2)21-17/h4-12H,3,13-14H2,1-2H3/b12-11+. The van der Waals surface area contributed by atoms with Gasteiger partial charge in [-0.05, 0) is 37.1 Å². The third kappa shape index (κ3) is 4.63. The van der Waals surface area contributed by atoms with Crippen molar-refractivity contribution < 1.29 is 9.21 Å². The molecule has 0 atom stereocenters. The lowest BCUT2D eigenvalue weighted by atomic mass is 10.2. The Morgan fingerprint density at radius 1 is 1.19 bits per heavy atom. The Bertz CT molecular complexity index is 599. The van der Waals surface area contributed by atoms with Gasteiger partial charge in [-0.2, -0.15) is 0 Å². The predicted octanol–water partition coefficient (Wildman–Crippen LogP) is 4.04. The highest BCUT2D eigenvalue weighted by atomic mass is 16.3. The second-order valence-electron chi connectivity index (χ2n) is 5.03. The van der Waals surface area contributed by atoms with Crippen LogP contribution < -0.4 is 0 Å². The zero-order valence-corrected chi connectivity index (χ0v) is 12.6. The van der Waals surface area contributed by atoms with Crippen molar-refractivity contribution in [3.63, 3.8) is 0 Å². The van der Waals surface area contributed by atoms with E-state index in [9.17, 15) is 4.79 Å². The van der Waals surface area contributed by atoms with Gasteiger partial charge >= 0.3 is 0 Å². The second-order valence-corrected chi connectivity index (χ2v) is 5.03. The number of hydrogen-bond acceptors (Lipinski definition) is 2. The highest BCUT2D eigenvalue weighted by Crippen LogP contribution is 2.10. The maximum atomic E-state index is 12.3. The number of aryl methyl sites for hydroxylation is 1. The lowest BCUT2D eigenvalue weighted by Gasteiger charge is -2.20. The smallest absolute Gasteiger partial charge is 0.246 e. The zero-order valence-electron chi connectivity index (χ0n) is 12.6. The molecule has 2 rings (SSSR count). The van der Waals surface area contributed by atoms with Crippen molar-refractivity contribution in [2.75, 3.05) is 6.54 Å². The van der Waals surface area contributed by atoms with Crippen LogP contribution in [0, 0.1) is 6.92 Å². The molecule has 0 fully saturated rings. The Kier molecular flexibility index (Phi) is 5.38. The van der Waals surface area contributed by atoms with Crippen LogP contribution in [-0.2, 0) is 11.3 Å². The van der Waals surface area contributed by atoms with E-state index in [1.54, 1.807) is 12.2 Å². The molecule has 3 nitrogen and oxygen atoms in total. The molecule has 0 aliphatic heterocycles. The fourth-order valence-electron chi connectivity index (χ4n) is 2.14. The number of carbonyl (C=O) groups is 1. The first kappa shape index (κ1) is 15.1. The number of nitrogens with zero attached hydrogens (tertiary/aromatic N) is 1. The molecule has 0 spiro atoms. The average Bonchev–Trinajstić information content (AvgIpc) is 2.91. The topological polar surface area (TPSA) is 33.5 Å². The van der Waals surface area contributed by atoms with Crippen molar-refractivity contribution in [1.29, 1.82) is 0 Å². The van der Waals surface area contributed by atoms with Crippen molar-refractivity contribution >= 4 is 12.0 Å². The molecule has 0 radical (unpaired) electrons. The zero-order chi connectivity index (χ0) is 15.1. The molecule has 3 heteroatoms. The van der Waals surface area contributed by atoms with Crippen LogP contribution in [0.3, 0.4) is 0 Å². The molecule has 0 aliphatic rings. The van der Waals surface area contributed by atoms with Crippen LogP contribution in [0.1, 0.15) is 30.4 Å². The summed E-state index contributed by atoms with van der Waals surface area (Å²) < 4.78 is 5.43. The van der Waals surface area contributed by atoms with Gasteiger partial charge in [-0.1, -0.05) is 37.3 Å². The van der Waals surface area contributed by atoms with Crippen LogP contribution in [0.4, 0.5) is 0 Å². The second kappa shape index (κ2) is 7.48. The van der Waals surface area contributed by atoms with Gasteiger partial charge < -0.3 is 9.32 Å². The maximum Gasteiger partial charge on any atom is 0.246 e. The molecule has 1 aromatic carbocycles. The van der Waals surface area contributed by atoms with Crippen LogP contribution in [-0.4, -0.2) is 17.4 Å². The van der Waals surface area contributed by atoms with Crippen molar-refractivity contribution in [3.8, 4) is 0 Å². The number of furan rings is 1. The Morgan fingerprint density at radius 3 is 2.57 bits per heavy atom. The summed E-state index contributed by atoms with van der Waals surface area (Å²) in [5, 5.41) is 0. The molecule has 1 aromatic heterocycles. The molecule has 2 aromatic rings. The van der Waals surface area contributed by atoms with Gasteiger partial charge in [-0.15, -0.1) is 0 Å². The van der Waals surface area contributed by atoms with E-state index in [-0.39, 0.29) is 5.91 Å². The molecule has 0 bridgehead atoms. The molecule has 0 N–H and O–H groups in total. The Hall–Kier alpha value is -2.29. The minimum Gasteiger partial charge on any atom is -0.462 e. The first-order valence-corrected chi connectivity index (χ1v) is 7.26. The fourth-order valence-corrected chi connectivity index (χ4v) is 2.14. The largest absolute Gasteiger partial charge is 0.462 e. The molecular weight excluding hydrogens is 262 g/mol. The van der Waals surface area contributed by atoms with E-state index < -0.39 is 0 Å². The Morgan fingerprint density at radius 2 is 1.95 bits per heavy atom. The summed E-state index contributed by atoms with van der Waals surface area (Å²) in [5.74, 6) is 1.56. The van der Waals surface area contributed by atoms with Gasteiger partial charge in [0.2, 0.25) is 5.91 Å². The van der Waals surface area contributed by atoms with E-state index in [2.05, 4.69) is 6.92 Å². The van der Waals surface area contributed by atoms with Gasteiger partial charge in [0, 0.05) is 19.2 Å². The molecule has 0 aliphatic carbocycles. The average molecular weight is 283 g/mol. The lowest BCUT2D eigenvalue weighted by molar-refractivity contribution is -0.126. The van der Waals surface area contributed by atoms with E-state index in [1.807, 2.05) is 54.3 Å². The number of rotatable bonds is 6. The summed E-state index contributed by atoms with van der Waals surface area (Å²) in [6.07, 6.45) is 4.24. The summed E-state index contributed by atoms with van der Waals surface area (Å²) in [6, 6.07) is 13.8. The molecule has 1 amide bonds.